The molecule has 3 rings (SSSR count). The predicted molar refractivity (Wildman–Crippen MR) is 113 cm³/mol. The fraction of sp³-hybridized carbons (Fsp3) is 0.381. The minimum Gasteiger partial charge on any atom is -0.497 e. The molecule has 1 aliphatic heterocycles. The molecule has 2 aromatic rings. The monoisotopic (exact) mass is 384 g/mol. The van der Waals surface area contributed by atoms with Crippen LogP contribution in [0.1, 0.15) is 17.3 Å². The number of methoxy groups -OCH3 is 2. The number of hydrogen-bond donors (Lipinski definition) is 2. The van der Waals surface area contributed by atoms with Crippen LogP contribution in [-0.4, -0.2) is 57.8 Å². The molecule has 1 fully saturated rings. The molecule has 7 heteroatoms. The third kappa shape index (κ3) is 4.48. The Morgan fingerprint density at radius 3 is 2.25 bits per heavy atom. The smallest absolute Gasteiger partial charge is 0.255 e. The van der Waals surface area contributed by atoms with Gasteiger partial charge in [0.25, 0.3) is 5.91 Å². The van der Waals surface area contributed by atoms with E-state index in [1.165, 1.54) is 0 Å². The molecule has 7 nitrogen and oxygen atoms in total. The van der Waals surface area contributed by atoms with Gasteiger partial charge < -0.3 is 30.3 Å². The van der Waals surface area contributed by atoms with Crippen molar-refractivity contribution < 1.29 is 14.3 Å². The van der Waals surface area contributed by atoms with Crippen LogP contribution in [0.15, 0.2) is 36.4 Å². The Morgan fingerprint density at radius 2 is 1.68 bits per heavy atom. The average Bonchev–Trinajstić information content (AvgIpc) is 2.73. The number of amides is 1. The maximum atomic E-state index is 12.9. The van der Waals surface area contributed by atoms with Crippen molar-refractivity contribution in [1.82, 2.24) is 4.90 Å². The molecule has 1 amide bonds. The summed E-state index contributed by atoms with van der Waals surface area (Å²) in [6.07, 6.45) is 0. The number of nitrogens with one attached hydrogen (secondary N) is 1. The van der Waals surface area contributed by atoms with Gasteiger partial charge in [-0.15, -0.1) is 0 Å². The van der Waals surface area contributed by atoms with Crippen LogP contribution in [0.5, 0.6) is 11.5 Å². The van der Waals surface area contributed by atoms with Crippen molar-refractivity contribution in [3.05, 3.63) is 42.0 Å². The van der Waals surface area contributed by atoms with Gasteiger partial charge in [-0.1, -0.05) is 6.92 Å². The van der Waals surface area contributed by atoms with Crippen LogP contribution in [-0.2, 0) is 0 Å². The summed E-state index contributed by atoms with van der Waals surface area (Å²) in [6.45, 7) is 7.05. The molecule has 1 saturated heterocycles. The summed E-state index contributed by atoms with van der Waals surface area (Å²) in [5, 5.41) is 3.01. The average molecular weight is 384 g/mol. The van der Waals surface area contributed by atoms with E-state index in [1.807, 2.05) is 12.1 Å². The zero-order valence-electron chi connectivity index (χ0n) is 16.7. The first-order valence-electron chi connectivity index (χ1n) is 9.45. The van der Waals surface area contributed by atoms with Gasteiger partial charge in [0.15, 0.2) is 0 Å². The number of carbonyl (C=O) groups is 1. The number of nitrogens with zero attached hydrogens (tertiary/aromatic N) is 2. The summed E-state index contributed by atoms with van der Waals surface area (Å²) in [4.78, 5) is 17.6. The lowest BCUT2D eigenvalue weighted by atomic mass is 10.1. The lowest BCUT2D eigenvalue weighted by Crippen LogP contribution is -2.46. The number of nitrogen functional groups attached to an aromatic ring is 1. The van der Waals surface area contributed by atoms with E-state index in [4.69, 9.17) is 15.2 Å². The second-order valence-corrected chi connectivity index (χ2v) is 6.75. The Labute approximate surface area is 166 Å². The molecule has 0 radical (unpaired) electrons. The lowest BCUT2D eigenvalue weighted by molar-refractivity contribution is 0.102. The molecule has 150 valence electrons. The molecule has 1 heterocycles. The van der Waals surface area contributed by atoms with E-state index in [1.54, 1.807) is 38.5 Å². The van der Waals surface area contributed by atoms with E-state index in [-0.39, 0.29) is 5.91 Å². The van der Waals surface area contributed by atoms with Crippen LogP contribution in [0.3, 0.4) is 0 Å². The van der Waals surface area contributed by atoms with E-state index in [9.17, 15) is 4.79 Å². The van der Waals surface area contributed by atoms with Crippen molar-refractivity contribution in [2.45, 2.75) is 6.92 Å². The quantitative estimate of drug-likeness (QED) is 0.746. The minimum atomic E-state index is -0.240. The molecular weight excluding hydrogens is 356 g/mol. The van der Waals surface area contributed by atoms with Crippen LogP contribution in [0.2, 0.25) is 0 Å². The maximum absolute atomic E-state index is 12.9. The van der Waals surface area contributed by atoms with E-state index >= 15 is 0 Å². The van der Waals surface area contributed by atoms with Crippen molar-refractivity contribution in [3.63, 3.8) is 0 Å². The van der Waals surface area contributed by atoms with Gasteiger partial charge in [0, 0.05) is 43.5 Å². The zero-order valence-corrected chi connectivity index (χ0v) is 16.7. The summed E-state index contributed by atoms with van der Waals surface area (Å²) in [6, 6.07) is 10.7. The van der Waals surface area contributed by atoms with Gasteiger partial charge in [-0.05, 0) is 36.9 Å². The van der Waals surface area contributed by atoms with Crippen molar-refractivity contribution >= 4 is 23.0 Å². The molecule has 0 atom stereocenters. The molecule has 0 bridgehead atoms. The molecule has 0 spiro atoms. The number of ether oxygens (including phenoxy) is 2. The molecule has 0 aliphatic carbocycles. The molecular formula is C21H28N4O3. The van der Waals surface area contributed by atoms with Crippen LogP contribution in [0, 0.1) is 0 Å². The highest BCUT2D eigenvalue weighted by atomic mass is 16.5. The Kier molecular flexibility index (Phi) is 6.26. The van der Waals surface area contributed by atoms with Crippen LogP contribution in [0.25, 0.3) is 0 Å². The van der Waals surface area contributed by atoms with Crippen LogP contribution >= 0.6 is 0 Å². The molecule has 0 saturated carbocycles. The summed E-state index contributed by atoms with van der Waals surface area (Å²) < 4.78 is 10.5. The topological polar surface area (TPSA) is 80.1 Å². The number of likely N-dealkylation sites (N-methyl/N-ethyl adjacent to an activating group) is 1. The number of nitrogens with two attached hydrogens (primary N) is 1. The first kappa shape index (κ1) is 19.8. The lowest BCUT2D eigenvalue weighted by Gasteiger charge is -2.36. The molecule has 3 N–H and O–H groups in total. The fourth-order valence-corrected chi connectivity index (χ4v) is 3.37. The van der Waals surface area contributed by atoms with E-state index in [2.05, 4.69) is 22.0 Å². The molecule has 2 aromatic carbocycles. The van der Waals surface area contributed by atoms with E-state index in [0.717, 1.165) is 38.4 Å². The highest BCUT2D eigenvalue weighted by Crippen LogP contribution is 2.30. The van der Waals surface area contributed by atoms with Gasteiger partial charge in [0.1, 0.15) is 11.5 Å². The van der Waals surface area contributed by atoms with Crippen molar-refractivity contribution in [2.24, 2.45) is 0 Å². The van der Waals surface area contributed by atoms with Gasteiger partial charge in [-0.3, -0.25) is 4.79 Å². The first-order valence-corrected chi connectivity index (χ1v) is 9.45. The third-order valence-electron chi connectivity index (χ3n) is 5.04. The molecule has 1 aliphatic rings. The summed E-state index contributed by atoms with van der Waals surface area (Å²) in [5.74, 6) is 0.886. The highest BCUT2D eigenvalue weighted by Gasteiger charge is 2.20. The normalized spacial score (nSPS) is 14.6. The summed E-state index contributed by atoms with van der Waals surface area (Å²) >= 11 is 0. The minimum absolute atomic E-state index is 0.240. The van der Waals surface area contributed by atoms with Gasteiger partial charge in [0.2, 0.25) is 0 Å². The first-order chi connectivity index (χ1) is 13.5. The number of rotatable bonds is 6. The maximum Gasteiger partial charge on any atom is 0.255 e. The van der Waals surface area contributed by atoms with Gasteiger partial charge >= 0.3 is 0 Å². The predicted octanol–water partition coefficient (Wildman–Crippen LogP) is 2.68. The SMILES string of the molecule is CCN1CCN(c2ccc(N)cc2NC(=O)c2cc(OC)cc(OC)c2)CC1. The standard InChI is InChI=1S/C21H28N4O3/c1-4-24-7-9-25(10-8-24)20-6-5-16(22)13-19(20)23-21(26)15-11-17(27-2)14-18(12-15)28-3/h5-6,11-14H,4,7-10,22H2,1-3H3,(H,23,26). The highest BCUT2D eigenvalue weighted by molar-refractivity contribution is 6.06. The number of hydrogen-bond acceptors (Lipinski definition) is 6. The Hall–Kier alpha value is -2.93. The van der Waals surface area contributed by atoms with E-state index < -0.39 is 0 Å². The van der Waals surface area contributed by atoms with E-state index in [0.29, 0.717) is 28.4 Å². The number of carbonyl (C=O) groups excluding carboxylic acids is 1. The van der Waals surface area contributed by atoms with Gasteiger partial charge in [0.05, 0.1) is 25.6 Å². The van der Waals surface area contributed by atoms with Crippen LogP contribution < -0.4 is 25.4 Å². The van der Waals surface area contributed by atoms with Crippen molar-refractivity contribution in [1.29, 1.82) is 0 Å². The second-order valence-electron chi connectivity index (χ2n) is 6.75. The van der Waals surface area contributed by atoms with Crippen LogP contribution in [0.4, 0.5) is 17.1 Å². The number of benzene rings is 2. The third-order valence-corrected chi connectivity index (χ3v) is 5.04. The summed E-state index contributed by atoms with van der Waals surface area (Å²) in [5.41, 5.74) is 8.74. The second kappa shape index (κ2) is 8.84. The Morgan fingerprint density at radius 1 is 1.04 bits per heavy atom. The zero-order chi connectivity index (χ0) is 20.1. The van der Waals surface area contributed by atoms with Crippen molar-refractivity contribution in [3.8, 4) is 11.5 Å². The summed E-state index contributed by atoms with van der Waals surface area (Å²) in [7, 11) is 3.12. The number of piperazine rings is 1. The molecule has 28 heavy (non-hydrogen) atoms. The Bertz CT molecular complexity index is 810. The number of anilines is 3. The Balaban J connectivity index is 1.84. The molecule has 0 aromatic heterocycles. The van der Waals surface area contributed by atoms with Gasteiger partial charge in [-0.25, -0.2) is 0 Å². The van der Waals surface area contributed by atoms with Crippen molar-refractivity contribution in [2.75, 3.05) is 62.9 Å². The largest absolute Gasteiger partial charge is 0.497 e. The van der Waals surface area contributed by atoms with Gasteiger partial charge in [-0.2, -0.15) is 0 Å². The molecule has 0 unspecified atom stereocenters. The fourth-order valence-electron chi connectivity index (χ4n) is 3.37.